The van der Waals surface area contributed by atoms with Crippen LogP contribution in [0.5, 0.6) is 0 Å². The summed E-state index contributed by atoms with van der Waals surface area (Å²) >= 11 is 0. The summed E-state index contributed by atoms with van der Waals surface area (Å²) in [6.07, 6.45) is 74.7. The lowest BCUT2D eigenvalue weighted by molar-refractivity contribution is -0.167. The summed E-state index contributed by atoms with van der Waals surface area (Å²) in [5.41, 5.74) is 0. The van der Waals surface area contributed by atoms with Crippen molar-refractivity contribution in [2.75, 3.05) is 13.2 Å². The number of rotatable bonds is 54. The Labute approximate surface area is 433 Å². The molecule has 404 valence electrons. The Morgan fingerprint density at radius 3 is 0.900 bits per heavy atom. The monoisotopic (exact) mass is 977 g/mol. The zero-order valence-electron chi connectivity index (χ0n) is 46.3. The Hall–Kier alpha value is -3.15. The Balaban J connectivity index is 4.29. The minimum Gasteiger partial charge on any atom is -0.462 e. The van der Waals surface area contributed by atoms with Gasteiger partial charge in [0.2, 0.25) is 0 Å². The number of carbonyl (C=O) groups excluding carboxylic acids is 3. The van der Waals surface area contributed by atoms with Gasteiger partial charge in [-0.1, -0.05) is 241 Å². The predicted octanol–water partition coefficient (Wildman–Crippen LogP) is 20.2. The van der Waals surface area contributed by atoms with Crippen molar-refractivity contribution in [3.05, 3.63) is 72.9 Å². The summed E-state index contributed by atoms with van der Waals surface area (Å²) < 4.78 is 16.8. The Kier molecular flexibility index (Phi) is 55.8. The molecule has 0 radical (unpaired) electrons. The highest BCUT2D eigenvalue weighted by molar-refractivity contribution is 5.71. The lowest BCUT2D eigenvalue weighted by Crippen LogP contribution is -2.30. The van der Waals surface area contributed by atoms with Crippen LogP contribution in [-0.2, 0) is 28.6 Å². The van der Waals surface area contributed by atoms with Crippen molar-refractivity contribution < 1.29 is 28.6 Å². The molecule has 1 unspecified atom stereocenters. The van der Waals surface area contributed by atoms with Crippen molar-refractivity contribution in [3.8, 4) is 0 Å². The van der Waals surface area contributed by atoms with E-state index in [0.29, 0.717) is 19.3 Å². The van der Waals surface area contributed by atoms with E-state index in [1.807, 2.05) is 0 Å². The first-order valence-electron chi connectivity index (χ1n) is 29.9. The maximum Gasteiger partial charge on any atom is 0.306 e. The Bertz CT molecular complexity index is 1310. The van der Waals surface area contributed by atoms with E-state index in [1.54, 1.807) is 0 Å². The topological polar surface area (TPSA) is 78.9 Å². The average molecular weight is 978 g/mol. The van der Waals surface area contributed by atoms with Crippen molar-refractivity contribution in [2.24, 2.45) is 0 Å². The number of unbranched alkanes of at least 4 members (excludes halogenated alkanes) is 31. The van der Waals surface area contributed by atoms with Crippen LogP contribution in [0.25, 0.3) is 0 Å². The molecule has 0 aromatic heterocycles. The Morgan fingerprint density at radius 1 is 0.286 bits per heavy atom. The van der Waals surface area contributed by atoms with E-state index in [0.717, 1.165) is 103 Å². The fourth-order valence-corrected chi connectivity index (χ4v) is 8.36. The second-order valence-electron chi connectivity index (χ2n) is 19.9. The van der Waals surface area contributed by atoms with Gasteiger partial charge in [-0.3, -0.25) is 14.4 Å². The zero-order chi connectivity index (χ0) is 50.7. The lowest BCUT2D eigenvalue weighted by atomic mass is 10.0. The van der Waals surface area contributed by atoms with Crippen LogP contribution in [0.3, 0.4) is 0 Å². The van der Waals surface area contributed by atoms with Crippen molar-refractivity contribution in [2.45, 2.75) is 303 Å². The number of allylic oxidation sites excluding steroid dienone is 12. The Morgan fingerprint density at radius 2 is 0.543 bits per heavy atom. The fraction of sp³-hybridized carbons (Fsp3) is 0.766. The van der Waals surface area contributed by atoms with Crippen molar-refractivity contribution in [1.29, 1.82) is 0 Å². The van der Waals surface area contributed by atoms with E-state index in [-0.39, 0.29) is 31.1 Å². The van der Waals surface area contributed by atoms with Gasteiger partial charge >= 0.3 is 17.9 Å². The number of ether oxygens (including phenoxy) is 3. The van der Waals surface area contributed by atoms with E-state index in [4.69, 9.17) is 14.2 Å². The second-order valence-corrected chi connectivity index (χ2v) is 19.9. The predicted molar refractivity (Wildman–Crippen MR) is 302 cm³/mol. The standard InChI is InChI=1S/C64H112O6/c1-4-7-10-13-16-19-22-24-26-28-30-31-32-33-35-36-38-40-42-45-48-51-54-57-63(66)69-60-61(59-68-62(65)56-53-50-47-44-21-18-15-12-9-6-3)70-64(67)58-55-52-49-46-43-41-39-37-34-29-27-25-23-20-17-14-11-8-5-2/h12,15,17,20,22,24-25,27-28,30,34,37,61H,4-11,13-14,16,18-19,21,23,26,29,31-33,35-36,38-60H2,1-3H3/b15-12-,20-17-,24-22-,27-25-,30-28-,37-34-. The molecule has 0 rings (SSSR count). The van der Waals surface area contributed by atoms with Gasteiger partial charge in [-0.2, -0.15) is 0 Å². The second kappa shape index (κ2) is 58.4. The normalized spacial score (nSPS) is 12.6. The van der Waals surface area contributed by atoms with E-state index in [2.05, 4.69) is 93.7 Å². The molecule has 0 aromatic rings. The molecule has 0 saturated heterocycles. The molecule has 0 aliphatic heterocycles. The summed E-state index contributed by atoms with van der Waals surface area (Å²) in [7, 11) is 0. The lowest BCUT2D eigenvalue weighted by Gasteiger charge is -2.18. The van der Waals surface area contributed by atoms with Crippen LogP contribution in [0.2, 0.25) is 0 Å². The third-order valence-electron chi connectivity index (χ3n) is 12.9. The van der Waals surface area contributed by atoms with Crippen LogP contribution in [0, 0.1) is 0 Å². The van der Waals surface area contributed by atoms with Gasteiger partial charge in [0.15, 0.2) is 6.10 Å². The zero-order valence-corrected chi connectivity index (χ0v) is 46.3. The summed E-state index contributed by atoms with van der Waals surface area (Å²) in [5.74, 6) is -0.901. The van der Waals surface area contributed by atoms with Crippen LogP contribution in [0.1, 0.15) is 297 Å². The van der Waals surface area contributed by atoms with E-state index < -0.39 is 6.10 Å². The van der Waals surface area contributed by atoms with Gasteiger partial charge in [0.05, 0.1) is 0 Å². The van der Waals surface area contributed by atoms with E-state index in [9.17, 15) is 14.4 Å². The van der Waals surface area contributed by atoms with Gasteiger partial charge in [0, 0.05) is 19.3 Å². The molecule has 1 atom stereocenters. The molecular weight excluding hydrogens is 865 g/mol. The number of esters is 3. The summed E-state index contributed by atoms with van der Waals surface area (Å²) in [4.78, 5) is 38.1. The van der Waals surface area contributed by atoms with Gasteiger partial charge in [-0.15, -0.1) is 0 Å². The fourth-order valence-electron chi connectivity index (χ4n) is 8.36. The quantitative estimate of drug-likeness (QED) is 0.0261. The number of hydrogen-bond donors (Lipinski definition) is 0. The first kappa shape index (κ1) is 66.9. The van der Waals surface area contributed by atoms with Gasteiger partial charge in [-0.25, -0.2) is 0 Å². The largest absolute Gasteiger partial charge is 0.462 e. The molecule has 0 aromatic carbocycles. The molecule has 0 bridgehead atoms. The highest BCUT2D eigenvalue weighted by Crippen LogP contribution is 2.15. The maximum absolute atomic E-state index is 12.9. The first-order chi connectivity index (χ1) is 34.5. The number of carbonyl (C=O) groups is 3. The summed E-state index contributed by atoms with van der Waals surface area (Å²) in [5, 5.41) is 0. The molecular formula is C64H112O6. The molecule has 0 aliphatic rings. The maximum atomic E-state index is 12.9. The van der Waals surface area contributed by atoms with Crippen LogP contribution in [-0.4, -0.2) is 37.2 Å². The molecule has 0 spiro atoms. The van der Waals surface area contributed by atoms with Crippen LogP contribution < -0.4 is 0 Å². The smallest absolute Gasteiger partial charge is 0.306 e. The molecule has 0 fully saturated rings. The molecule has 6 heteroatoms. The van der Waals surface area contributed by atoms with Gasteiger partial charge in [0.1, 0.15) is 13.2 Å². The molecule has 0 amide bonds. The summed E-state index contributed by atoms with van der Waals surface area (Å²) in [6.45, 7) is 6.54. The average Bonchev–Trinajstić information content (AvgIpc) is 3.36. The van der Waals surface area contributed by atoms with Crippen LogP contribution >= 0.6 is 0 Å². The highest BCUT2D eigenvalue weighted by atomic mass is 16.6. The van der Waals surface area contributed by atoms with E-state index >= 15 is 0 Å². The molecule has 0 saturated carbocycles. The minimum atomic E-state index is -0.786. The highest BCUT2D eigenvalue weighted by Gasteiger charge is 2.19. The third-order valence-corrected chi connectivity index (χ3v) is 12.9. The van der Waals surface area contributed by atoms with Crippen LogP contribution in [0.15, 0.2) is 72.9 Å². The summed E-state index contributed by atoms with van der Waals surface area (Å²) in [6, 6.07) is 0. The molecule has 70 heavy (non-hydrogen) atoms. The van der Waals surface area contributed by atoms with Crippen molar-refractivity contribution in [1.82, 2.24) is 0 Å². The molecule has 0 aliphatic carbocycles. The minimum absolute atomic E-state index is 0.0838. The SMILES string of the molecule is CCC/C=C\CCCCCCCC(=O)OCC(COC(=O)CCCCCCCCCCCCC/C=C\C/C=C\CCCCCCC)OC(=O)CCCCCCCC/C=C\C/C=C\C/C=C\CCCCC. The van der Waals surface area contributed by atoms with E-state index in [1.165, 1.54) is 154 Å². The van der Waals surface area contributed by atoms with Gasteiger partial charge < -0.3 is 14.2 Å². The van der Waals surface area contributed by atoms with Gasteiger partial charge in [-0.05, 0) is 109 Å². The van der Waals surface area contributed by atoms with Crippen molar-refractivity contribution in [3.63, 3.8) is 0 Å². The molecule has 0 N–H and O–H groups in total. The molecule has 6 nitrogen and oxygen atoms in total. The van der Waals surface area contributed by atoms with Crippen LogP contribution in [0.4, 0.5) is 0 Å². The van der Waals surface area contributed by atoms with Crippen molar-refractivity contribution >= 4 is 17.9 Å². The molecule has 0 heterocycles. The first-order valence-corrected chi connectivity index (χ1v) is 29.9. The third kappa shape index (κ3) is 55.8. The number of hydrogen-bond acceptors (Lipinski definition) is 6. The van der Waals surface area contributed by atoms with Gasteiger partial charge in [0.25, 0.3) is 0 Å².